The Labute approximate surface area is 82.5 Å². The van der Waals surface area contributed by atoms with Gasteiger partial charge in [0.1, 0.15) is 0 Å². The van der Waals surface area contributed by atoms with E-state index in [0.29, 0.717) is 6.04 Å². The third-order valence-electron chi connectivity index (χ3n) is 3.43. The van der Waals surface area contributed by atoms with Gasteiger partial charge in [-0.15, -0.1) is 0 Å². The molecule has 2 heteroatoms. The zero-order chi connectivity index (χ0) is 9.68. The highest BCUT2D eigenvalue weighted by atomic mass is 15.1. The van der Waals surface area contributed by atoms with Crippen LogP contribution in [0.3, 0.4) is 0 Å². The third kappa shape index (κ3) is 3.28. The van der Waals surface area contributed by atoms with Crippen LogP contribution in [0.2, 0.25) is 0 Å². The van der Waals surface area contributed by atoms with Crippen molar-refractivity contribution in [2.45, 2.75) is 45.6 Å². The second-order valence-electron chi connectivity index (χ2n) is 4.17. The molecule has 1 rings (SSSR count). The molecule has 0 radical (unpaired) electrons. The van der Waals surface area contributed by atoms with Gasteiger partial charge in [-0.3, -0.25) is 0 Å². The van der Waals surface area contributed by atoms with Crippen molar-refractivity contribution >= 4 is 0 Å². The van der Waals surface area contributed by atoms with Gasteiger partial charge in [-0.1, -0.05) is 20.3 Å². The standard InChI is InChI=1S/C11H24N2/c1-3-13(4-2)9-8-10-6-5-7-11(10)12/h10-11H,3-9,12H2,1-2H3. The lowest BCUT2D eigenvalue weighted by molar-refractivity contribution is 0.269. The van der Waals surface area contributed by atoms with Crippen molar-refractivity contribution in [3.63, 3.8) is 0 Å². The Kier molecular flexibility index (Phi) is 4.74. The van der Waals surface area contributed by atoms with Crippen LogP contribution in [0.5, 0.6) is 0 Å². The predicted octanol–water partition coefficient (Wildman–Crippen LogP) is 1.85. The predicted molar refractivity (Wildman–Crippen MR) is 57.7 cm³/mol. The highest BCUT2D eigenvalue weighted by Gasteiger charge is 2.23. The Morgan fingerprint density at radius 2 is 1.92 bits per heavy atom. The van der Waals surface area contributed by atoms with Gasteiger partial charge < -0.3 is 10.6 Å². The van der Waals surface area contributed by atoms with Crippen LogP contribution in [0.25, 0.3) is 0 Å². The number of hydrogen-bond donors (Lipinski definition) is 1. The summed E-state index contributed by atoms with van der Waals surface area (Å²) in [5.41, 5.74) is 6.03. The largest absolute Gasteiger partial charge is 0.327 e. The monoisotopic (exact) mass is 184 g/mol. The summed E-state index contributed by atoms with van der Waals surface area (Å²) < 4.78 is 0. The van der Waals surface area contributed by atoms with E-state index in [1.807, 2.05) is 0 Å². The van der Waals surface area contributed by atoms with Crippen LogP contribution in [0.1, 0.15) is 39.5 Å². The molecule has 0 amide bonds. The van der Waals surface area contributed by atoms with Gasteiger partial charge >= 0.3 is 0 Å². The maximum atomic E-state index is 6.03. The highest BCUT2D eigenvalue weighted by molar-refractivity contribution is 4.80. The zero-order valence-corrected chi connectivity index (χ0v) is 9.13. The minimum absolute atomic E-state index is 0.496. The second-order valence-corrected chi connectivity index (χ2v) is 4.17. The van der Waals surface area contributed by atoms with Crippen LogP contribution in [-0.4, -0.2) is 30.6 Å². The number of rotatable bonds is 5. The molecule has 0 aliphatic heterocycles. The van der Waals surface area contributed by atoms with Crippen LogP contribution in [0, 0.1) is 5.92 Å². The van der Waals surface area contributed by atoms with Gasteiger partial charge in [0.25, 0.3) is 0 Å². The first-order chi connectivity index (χ1) is 6.27. The highest BCUT2D eigenvalue weighted by Crippen LogP contribution is 2.26. The van der Waals surface area contributed by atoms with E-state index in [4.69, 9.17) is 5.73 Å². The molecule has 1 aliphatic carbocycles. The maximum Gasteiger partial charge on any atom is 0.00676 e. The molecule has 1 aliphatic rings. The molecule has 13 heavy (non-hydrogen) atoms. The van der Waals surface area contributed by atoms with Crippen molar-refractivity contribution < 1.29 is 0 Å². The lowest BCUT2D eigenvalue weighted by Gasteiger charge is -2.22. The Morgan fingerprint density at radius 3 is 2.38 bits per heavy atom. The Morgan fingerprint density at radius 1 is 1.23 bits per heavy atom. The van der Waals surface area contributed by atoms with E-state index in [1.54, 1.807) is 0 Å². The van der Waals surface area contributed by atoms with E-state index >= 15 is 0 Å². The molecular weight excluding hydrogens is 160 g/mol. The molecule has 2 unspecified atom stereocenters. The minimum Gasteiger partial charge on any atom is -0.327 e. The molecule has 0 saturated heterocycles. The van der Waals surface area contributed by atoms with E-state index in [-0.39, 0.29) is 0 Å². The van der Waals surface area contributed by atoms with Gasteiger partial charge in [-0.25, -0.2) is 0 Å². The average Bonchev–Trinajstić information content (AvgIpc) is 2.54. The first-order valence-electron chi connectivity index (χ1n) is 5.75. The van der Waals surface area contributed by atoms with Crippen LogP contribution >= 0.6 is 0 Å². The van der Waals surface area contributed by atoms with Gasteiger partial charge in [0.05, 0.1) is 0 Å². The Balaban J connectivity index is 2.17. The van der Waals surface area contributed by atoms with Crippen LogP contribution in [0.15, 0.2) is 0 Å². The smallest absolute Gasteiger partial charge is 0.00676 e. The molecule has 0 spiro atoms. The summed E-state index contributed by atoms with van der Waals surface area (Å²) in [5, 5.41) is 0. The lowest BCUT2D eigenvalue weighted by atomic mass is 10.00. The summed E-state index contributed by atoms with van der Waals surface area (Å²) >= 11 is 0. The lowest BCUT2D eigenvalue weighted by Crippen LogP contribution is -2.30. The van der Waals surface area contributed by atoms with Crippen molar-refractivity contribution in [1.82, 2.24) is 4.90 Å². The molecule has 1 saturated carbocycles. The summed E-state index contributed by atoms with van der Waals surface area (Å²) in [7, 11) is 0. The van der Waals surface area contributed by atoms with Crippen molar-refractivity contribution in [2.24, 2.45) is 11.7 Å². The van der Waals surface area contributed by atoms with Crippen molar-refractivity contribution in [2.75, 3.05) is 19.6 Å². The normalized spacial score (nSPS) is 28.6. The van der Waals surface area contributed by atoms with Crippen molar-refractivity contribution in [1.29, 1.82) is 0 Å². The molecule has 0 aromatic carbocycles. The van der Waals surface area contributed by atoms with E-state index in [9.17, 15) is 0 Å². The second kappa shape index (κ2) is 5.61. The summed E-state index contributed by atoms with van der Waals surface area (Å²) in [4.78, 5) is 2.49. The molecule has 78 valence electrons. The van der Waals surface area contributed by atoms with E-state index in [2.05, 4.69) is 18.7 Å². The first kappa shape index (κ1) is 11.0. The minimum atomic E-state index is 0.496. The van der Waals surface area contributed by atoms with Gasteiger partial charge in [-0.05, 0) is 44.8 Å². The number of nitrogens with zero attached hydrogens (tertiary/aromatic N) is 1. The summed E-state index contributed by atoms with van der Waals surface area (Å²) in [6.45, 7) is 8.07. The van der Waals surface area contributed by atoms with Gasteiger partial charge in [0, 0.05) is 6.04 Å². The molecule has 0 aromatic heterocycles. The van der Waals surface area contributed by atoms with Crippen LogP contribution < -0.4 is 5.73 Å². The molecule has 2 N–H and O–H groups in total. The SMILES string of the molecule is CCN(CC)CCC1CCCC1N. The summed E-state index contributed by atoms with van der Waals surface area (Å²) in [6.07, 6.45) is 5.28. The Bertz CT molecular complexity index is 132. The van der Waals surface area contributed by atoms with Crippen LogP contribution in [0.4, 0.5) is 0 Å². The maximum absolute atomic E-state index is 6.03. The molecule has 0 heterocycles. The molecule has 2 atom stereocenters. The van der Waals surface area contributed by atoms with Gasteiger partial charge in [0.15, 0.2) is 0 Å². The third-order valence-corrected chi connectivity index (χ3v) is 3.43. The van der Waals surface area contributed by atoms with Gasteiger partial charge in [0.2, 0.25) is 0 Å². The van der Waals surface area contributed by atoms with E-state index in [0.717, 1.165) is 5.92 Å². The molecule has 0 bridgehead atoms. The molecule has 0 aromatic rings. The van der Waals surface area contributed by atoms with Crippen molar-refractivity contribution in [3.05, 3.63) is 0 Å². The summed E-state index contributed by atoms with van der Waals surface area (Å²) in [5.74, 6) is 0.806. The van der Waals surface area contributed by atoms with Crippen LogP contribution in [-0.2, 0) is 0 Å². The summed E-state index contributed by atoms with van der Waals surface area (Å²) in [6, 6.07) is 0.496. The fourth-order valence-electron chi connectivity index (χ4n) is 2.31. The first-order valence-corrected chi connectivity index (χ1v) is 5.75. The van der Waals surface area contributed by atoms with Crippen molar-refractivity contribution in [3.8, 4) is 0 Å². The number of nitrogens with two attached hydrogens (primary N) is 1. The fourth-order valence-corrected chi connectivity index (χ4v) is 2.31. The zero-order valence-electron chi connectivity index (χ0n) is 9.13. The topological polar surface area (TPSA) is 29.3 Å². The van der Waals surface area contributed by atoms with E-state index in [1.165, 1.54) is 45.3 Å². The number of hydrogen-bond acceptors (Lipinski definition) is 2. The quantitative estimate of drug-likeness (QED) is 0.706. The molecule has 1 fully saturated rings. The molecular formula is C11H24N2. The average molecular weight is 184 g/mol. The molecule has 2 nitrogen and oxygen atoms in total. The van der Waals surface area contributed by atoms with Gasteiger partial charge in [-0.2, -0.15) is 0 Å². The Hall–Kier alpha value is -0.0800. The van der Waals surface area contributed by atoms with E-state index < -0.39 is 0 Å². The fraction of sp³-hybridized carbons (Fsp3) is 1.00.